The summed E-state index contributed by atoms with van der Waals surface area (Å²) in [6.07, 6.45) is 7.02. The van der Waals surface area contributed by atoms with Crippen molar-refractivity contribution in [3.8, 4) is 0 Å². The van der Waals surface area contributed by atoms with Gasteiger partial charge in [-0.3, -0.25) is 4.40 Å². The van der Waals surface area contributed by atoms with Gasteiger partial charge in [-0.1, -0.05) is 6.92 Å². The topological polar surface area (TPSA) is 47.8 Å². The fourth-order valence-corrected chi connectivity index (χ4v) is 3.21. The zero-order valence-electron chi connectivity index (χ0n) is 11.7. The summed E-state index contributed by atoms with van der Waals surface area (Å²) in [6, 6.07) is 0.350. The number of hydrogen-bond donors (Lipinski definition) is 1. The van der Waals surface area contributed by atoms with Gasteiger partial charge in [0.2, 0.25) is 0 Å². The van der Waals surface area contributed by atoms with Crippen molar-refractivity contribution < 1.29 is 9.47 Å². The molecule has 1 saturated heterocycles. The van der Waals surface area contributed by atoms with E-state index < -0.39 is 0 Å². The predicted molar refractivity (Wildman–Crippen MR) is 79.2 cm³/mol. The quantitative estimate of drug-likeness (QED) is 0.849. The zero-order valence-corrected chi connectivity index (χ0v) is 12.6. The van der Waals surface area contributed by atoms with Crippen molar-refractivity contribution in [1.29, 1.82) is 0 Å². The number of nitrogens with zero attached hydrogens (tertiary/aromatic N) is 2. The first kappa shape index (κ1) is 14.0. The fourth-order valence-electron chi connectivity index (χ4n) is 2.49. The van der Waals surface area contributed by atoms with Gasteiger partial charge in [0.1, 0.15) is 0 Å². The van der Waals surface area contributed by atoms with Crippen LogP contribution in [0.1, 0.15) is 25.5 Å². The molecule has 1 aliphatic rings. The third-order valence-electron chi connectivity index (χ3n) is 3.45. The van der Waals surface area contributed by atoms with E-state index in [1.807, 2.05) is 6.20 Å². The minimum Gasteiger partial charge on any atom is -0.350 e. The van der Waals surface area contributed by atoms with E-state index in [2.05, 4.69) is 33.2 Å². The molecular weight excluding hydrogens is 274 g/mol. The third kappa shape index (κ3) is 3.38. The molecule has 2 aromatic heterocycles. The third-order valence-corrected chi connectivity index (χ3v) is 4.22. The lowest BCUT2D eigenvalue weighted by atomic mass is 10.1. The van der Waals surface area contributed by atoms with Crippen LogP contribution >= 0.6 is 11.3 Å². The number of hydrogen-bond acceptors (Lipinski definition) is 5. The van der Waals surface area contributed by atoms with Crippen molar-refractivity contribution >= 4 is 16.3 Å². The molecule has 0 bridgehead atoms. The molecule has 0 aromatic carbocycles. The van der Waals surface area contributed by atoms with Crippen molar-refractivity contribution in [1.82, 2.24) is 14.7 Å². The minimum atomic E-state index is -0.0620. The van der Waals surface area contributed by atoms with Crippen molar-refractivity contribution in [3.05, 3.63) is 23.5 Å². The Morgan fingerprint density at radius 2 is 2.35 bits per heavy atom. The summed E-state index contributed by atoms with van der Waals surface area (Å²) < 4.78 is 13.2. The van der Waals surface area contributed by atoms with Crippen molar-refractivity contribution in [2.24, 2.45) is 0 Å². The normalized spacial score (nSPS) is 18.1. The van der Waals surface area contributed by atoms with Crippen LogP contribution in [0.4, 0.5) is 0 Å². The van der Waals surface area contributed by atoms with E-state index in [-0.39, 0.29) is 6.29 Å². The number of fused-ring (bicyclic) bond motifs is 1. The summed E-state index contributed by atoms with van der Waals surface area (Å²) in [5, 5.41) is 5.63. The van der Waals surface area contributed by atoms with Gasteiger partial charge in [0.25, 0.3) is 0 Å². The molecule has 1 N–H and O–H groups in total. The van der Waals surface area contributed by atoms with Gasteiger partial charge in [-0.05, 0) is 13.0 Å². The lowest BCUT2D eigenvalue weighted by Crippen LogP contribution is -2.35. The number of aromatic nitrogens is 2. The van der Waals surface area contributed by atoms with Crippen LogP contribution in [-0.4, -0.2) is 41.5 Å². The smallest absolute Gasteiger partial charge is 0.193 e. The van der Waals surface area contributed by atoms with Crippen LogP contribution in [0.25, 0.3) is 4.96 Å². The van der Waals surface area contributed by atoms with Crippen molar-refractivity contribution in [2.75, 3.05) is 19.8 Å². The average molecular weight is 295 g/mol. The molecule has 0 amide bonds. The molecule has 0 spiro atoms. The summed E-state index contributed by atoms with van der Waals surface area (Å²) >= 11 is 1.67. The Kier molecular flexibility index (Phi) is 4.67. The van der Waals surface area contributed by atoms with E-state index >= 15 is 0 Å². The summed E-state index contributed by atoms with van der Waals surface area (Å²) in [7, 11) is 0. The molecule has 5 nitrogen and oxygen atoms in total. The molecule has 6 heteroatoms. The van der Waals surface area contributed by atoms with E-state index in [4.69, 9.17) is 9.47 Å². The first-order valence-corrected chi connectivity index (χ1v) is 8.11. The second kappa shape index (κ2) is 6.67. The fraction of sp³-hybridized carbons (Fsp3) is 0.643. The molecule has 110 valence electrons. The molecule has 1 unspecified atom stereocenters. The Hall–Kier alpha value is -0.950. The standard InChI is InChI=1S/C14H21N3O2S/c1-2-3-15-11(9-13-18-5-6-19-13)8-12-10-17-4-7-20-14(17)16-12/h4,7,10-11,13,15H,2-3,5-6,8-9H2,1H3. The largest absolute Gasteiger partial charge is 0.350 e. The summed E-state index contributed by atoms with van der Waals surface area (Å²) in [4.78, 5) is 5.71. The Balaban J connectivity index is 1.63. The molecule has 0 saturated carbocycles. The number of imidazole rings is 1. The summed E-state index contributed by atoms with van der Waals surface area (Å²) in [6.45, 7) is 4.62. The highest BCUT2D eigenvalue weighted by molar-refractivity contribution is 7.15. The van der Waals surface area contributed by atoms with Crippen LogP contribution in [0, 0.1) is 0 Å². The molecule has 3 heterocycles. The lowest BCUT2D eigenvalue weighted by Gasteiger charge is -2.20. The average Bonchev–Trinajstić information content (AvgIpc) is 3.12. The minimum absolute atomic E-state index is 0.0620. The number of ether oxygens (including phenoxy) is 2. The Labute approximate surface area is 122 Å². The lowest BCUT2D eigenvalue weighted by molar-refractivity contribution is -0.0526. The van der Waals surface area contributed by atoms with Gasteiger partial charge in [0, 0.05) is 36.7 Å². The Bertz CT molecular complexity index is 505. The van der Waals surface area contributed by atoms with Crippen LogP contribution in [0.5, 0.6) is 0 Å². The maximum Gasteiger partial charge on any atom is 0.193 e. The molecule has 3 rings (SSSR count). The predicted octanol–water partition coefficient (Wildman–Crippen LogP) is 2.07. The molecular formula is C14H21N3O2S. The molecule has 1 atom stereocenters. The first-order valence-electron chi connectivity index (χ1n) is 7.23. The van der Waals surface area contributed by atoms with Gasteiger partial charge in [-0.25, -0.2) is 4.98 Å². The highest BCUT2D eigenvalue weighted by atomic mass is 32.1. The molecule has 0 aliphatic carbocycles. The highest BCUT2D eigenvalue weighted by Gasteiger charge is 2.22. The molecule has 1 fully saturated rings. The number of thiazole rings is 1. The van der Waals surface area contributed by atoms with E-state index in [1.54, 1.807) is 11.3 Å². The number of nitrogens with one attached hydrogen (secondary N) is 1. The first-order chi connectivity index (χ1) is 9.85. The maximum absolute atomic E-state index is 5.56. The highest BCUT2D eigenvalue weighted by Crippen LogP contribution is 2.16. The van der Waals surface area contributed by atoms with Crippen LogP contribution in [0.15, 0.2) is 17.8 Å². The van der Waals surface area contributed by atoms with E-state index in [1.165, 1.54) is 0 Å². The molecule has 20 heavy (non-hydrogen) atoms. The Morgan fingerprint density at radius 1 is 1.50 bits per heavy atom. The summed E-state index contributed by atoms with van der Waals surface area (Å²) in [5.74, 6) is 0. The van der Waals surface area contributed by atoms with Gasteiger partial charge in [0.05, 0.1) is 18.9 Å². The van der Waals surface area contributed by atoms with Crippen LogP contribution in [0.2, 0.25) is 0 Å². The zero-order chi connectivity index (χ0) is 13.8. The second-order valence-corrected chi connectivity index (χ2v) is 5.96. The SMILES string of the molecule is CCCNC(Cc1cn2ccsc2n1)CC1OCCO1. The molecule has 0 radical (unpaired) electrons. The van der Waals surface area contributed by atoms with Crippen molar-refractivity contribution in [3.63, 3.8) is 0 Å². The van der Waals surface area contributed by atoms with E-state index in [0.717, 1.165) is 36.5 Å². The van der Waals surface area contributed by atoms with E-state index in [0.29, 0.717) is 19.3 Å². The van der Waals surface area contributed by atoms with Crippen LogP contribution in [-0.2, 0) is 15.9 Å². The van der Waals surface area contributed by atoms with Gasteiger partial charge >= 0.3 is 0 Å². The monoisotopic (exact) mass is 295 g/mol. The van der Waals surface area contributed by atoms with Gasteiger partial charge in [-0.2, -0.15) is 0 Å². The Morgan fingerprint density at radius 3 is 3.10 bits per heavy atom. The number of rotatable bonds is 7. The van der Waals surface area contributed by atoms with Gasteiger partial charge in [-0.15, -0.1) is 11.3 Å². The summed E-state index contributed by atoms with van der Waals surface area (Å²) in [5.41, 5.74) is 1.13. The molecule has 2 aromatic rings. The van der Waals surface area contributed by atoms with Gasteiger partial charge < -0.3 is 14.8 Å². The van der Waals surface area contributed by atoms with Gasteiger partial charge in [0.15, 0.2) is 11.3 Å². The van der Waals surface area contributed by atoms with Crippen LogP contribution < -0.4 is 5.32 Å². The second-order valence-electron chi connectivity index (χ2n) is 5.09. The molecule has 1 aliphatic heterocycles. The maximum atomic E-state index is 5.56. The van der Waals surface area contributed by atoms with Crippen molar-refractivity contribution in [2.45, 2.75) is 38.5 Å². The van der Waals surface area contributed by atoms with E-state index in [9.17, 15) is 0 Å². The van der Waals surface area contributed by atoms with Crippen LogP contribution in [0.3, 0.4) is 0 Å².